The molecule has 2 aromatic heterocycles. The lowest BCUT2D eigenvalue weighted by molar-refractivity contribution is -0.129. The highest BCUT2D eigenvalue weighted by Gasteiger charge is 2.27. The number of hydrogen-bond donors (Lipinski definition) is 0. The van der Waals surface area contributed by atoms with Crippen LogP contribution in [0.2, 0.25) is 5.02 Å². The van der Waals surface area contributed by atoms with Gasteiger partial charge in [0, 0.05) is 76.4 Å². The van der Waals surface area contributed by atoms with E-state index in [1.165, 1.54) is 0 Å². The maximum absolute atomic E-state index is 11.9. The molecule has 0 bridgehead atoms. The zero-order chi connectivity index (χ0) is 22.9. The van der Waals surface area contributed by atoms with Crippen LogP contribution in [-0.4, -0.2) is 68.2 Å². The van der Waals surface area contributed by atoms with Gasteiger partial charge in [-0.25, -0.2) is 9.97 Å². The second-order valence-corrected chi connectivity index (χ2v) is 9.14. The molecule has 5 rings (SSSR count). The number of aryl methyl sites for hydroxylation is 1. The quantitative estimate of drug-likeness (QED) is 0.590. The molecule has 2 aliphatic rings. The first-order chi connectivity index (χ1) is 16.0. The van der Waals surface area contributed by atoms with Crippen LogP contribution in [0, 0.1) is 0 Å². The van der Waals surface area contributed by atoms with Crippen molar-refractivity contribution >= 4 is 23.3 Å². The van der Waals surface area contributed by atoms with E-state index in [0.29, 0.717) is 13.1 Å². The smallest absolute Gasteiger partial charge is 0.219 e. The third kappa shape index (κ3) is 4.58. The minimum Gasteiger partial charge on any atom is -0.352 e. The maximum atomic E-state index is 11.9. The van der Waals surface area contributed by atoms with Crippen LogP contribution in [-0.2, 0) is 31.4 Å². The van der Waals surface area contributed by atoms with E-state index in [9.17, 15) is 4.79 Å². The van der Waals surface area contributed by atoms with E-state index in [0.717, 1.165) is 78.2 Å². The molecule has 0 saturated carbocycles. The Morgan fingerprint density at radius 3 is 2.55 bits per heavy atom. The average Bonchev–Trinajstić information content (AvgIpc) is 3.26. The van der Waals surface area contributed by atoms with Gasteiger partial charge in [0.1, 0.15) is 5.69 Å². The number of carbonyl (C=O) groups excluding carboxylic acids is 1. The zero-order valence-corrected chi connectivity index (χ0v) is 19.8. The monoisotopic (exact) mass is 465 g/mol. The molecule has 1 aromatic carbocycles. The van der Waals surface area contributed by atoms with Crippen molar-refractivity contribution in [1.29, 1.82) is 0 Å². The van der Waals surface area contributed by atoms with Gasteiger partial charge >= 0.3 is 0 Å². The van der Waals surface area contributed by atoms with Crippen LogP contribution in [0.1, 0.15) is 23.9 Å². The number of rotatable bonds is 4. The number of benzene rings is 1. The Labute approximate surface area is 198 Å². The van der Waals surface area contributed by atoms with E-state index in [-0.39, 0.29) is 5.91 Å². The number of piperazine rings is 1. The summed E-state index contributed by atoms with van der Waals surface area (Å²) < 4.78 is 1.78. The number of anilines is 1. The van der Waals surface area contributed by atoms with Crippen LogP contribution in [0.4, 0.5) is 5.82 Å². The number of hydrogen-bond acceptors (Lipinski definition) is 6. The van der Waals surface area contributed by atoms with Crippen LogP contribution in [0.15, 0.2) is 36.7 Å². The summed E-state index contributed by atoms with van der Waals surface area (Å²) in [6.07, 6.45) is 4.53. The normalized spacial score (nSPS) is 16.7. The van der Waals surface area contributed by atoms with Gasteiger partial charge in [0.15, 0.2) is 5.82 Å². The van der Waals surface area contributed by atoms with E-state index in [1.54, 1.807) is 11.6 Å². The highest BCUT2D eigenvalue weighted by atomic mass is 35.5. The molecule has 9 heteroatoms. The maximum Gasteiger partial charge on any atom is 0.219 e. The van der Waals surface area contributed by atoms with Crippen LogP contribution in [0.25, 0.3) is 11.3 Å². The lowest BCUT2D eigenvalue weighted by Gasteiger charge is -2.37. The van der Waals surface area contributed by atoms with Gasteiger partial charge in [0.25, 0.3) is 0 Å². The Morgan fingerprint density at radius 2 is 1.85 bits per heavy atom. The number of carbonyl (C=O) groups is 1. The van der Waals surface area contributed by atoms with E-state index in [1.807, 2.05) is 42.5 Å². The van der Waals surface area contributed by atoms with Crippen molar-refractivity contribution in [1.82, 2.24) is 29.5 Å². The molecule has 0 unspecified atom stereocenters. The largest absolute Gasteiger partial charge is 0.352 e. The molecule has 1 fully saturated rings. The summed E-state index contributed by atoms with van der Waals surface area (Å²) in [5.41, 5.74) is 4.82. The summed E-state index contributed by atoms with van der Waals surface area (Å²) in [4.78, 5) is 28.6. The average molecular weight is 466 g/mol. The topological polar surface area (TPSA) is 70.4 Å². The summed E-state index contributed by atoms with van der Waals surface area (Å²) in [5.74, 6) is 0.986. The highest BCUT2D eigenvalue weighted by Crippen LogP contribution is 2.31. The minimum atomic E-state index is 0.0732. The van der Waals surface area contributed by atoms with Gasteiger partial charge in [-0.2, -0.15) is 5.10 Å². The van der Waals surface area contributed by atoms with Crippen LogP contribution in [0.5, 0.6) is 0 Å². The Morgan fingerprint density at radius 1 is 1.06 bits per heavy atom. The van der Waals surface area contributed by atoms with Gasteiger partial charge in [-0.05, 0) is 11.6 Å². The molecule has 2 aliphatic heterocycles. The molecular weight excluding hydrogens is 438 g/mol. The molecule has 1 saturated heterocycles. The first-order valence-electron chi connectivity index (χ1n) is 11.3. The molecule has 33 heavy (non-hydrogen) atoms. The summed E-state index contributed by atoms with van der Waals surface area (Å²) in [6, 6.07) is 8.04. The fourth-order valence-electron chi connectivity index (χ4n) is 4.53. The number of halogens is 1. The van der Waals surface area contributed by atoms with Crippen molar-refractivity contribution < 1.29 is 4.79 Å². The van der Waals surface area contributed by atoms with Crippen molar-refractivity contribution in [2.45, 2.75) is 26.4 Å². The Bertz CT molecular complexity index is 1170. The molecule has 4 heterocycles. The van der Waals surface area contributed by atoms with Crippen molar-refractivity contribution in [3.05, 3.63) is 58.6 Å². The number of amides is 1. The number of nitrogens with zero attached hydrogens (tertiary/aromatic N) is 7. The lowest BCUT2D eigenvalue weighted by atomic mass is 10.1. The fraction of sp³-hybridized carbons (Fsp3) is 0.417. The van der Waals surface area contributed by atoms with Crippen LogP contribution in [0.3, 0.4) is 0 Å². The zero-order valence-electron chi connectivity index (χ0n) is 19.0. The van der Waals surface area contributed by atoms with Crippen LogP contribution >= 0.6 is 11.6 Å². The molecule has 0 spiro atoms. The van der Waals surface area contributed by atoms with Crippen molar-refractivity contribution in [3.8, 4) is 11.3 Å². The van der Waals surface area contributed by atoms with E-state index >= 15 is 0 Å². The first kappa shape index (κ1) is 21.9. The third-order valence-electron chi connectivity index (χ3n) is 6.44. The van der Waals surface area contributed by atoms with Crippen molar-refractivity contribution in [3.63, 3.8) is 0 Å². The summed E-state index contributed by atoms with van der Waals surface area (Å²) in [6.45, 7) is 7.24. The van der Waals surface area contributed by atoms with Gasteiger partial charge in [-0.1, -0.05) is 29.8 Å². The standard InChI is InChI=1S/C24H28ClN7O/c1-17(33)32-8-7-21-22(16-32)27-23(19-13-26-29(2)14-19)24(28-21)31-11-9-30(10-12-31)15-18-5-3-4-6-20(18)25/h3-6,13-14H,7-12,15-16H2,1-2H3. The van der Waals surface area contributed by atoms with E-state index in [4.69, 9.17) is 21.6 Å². The van der Waals surface area contributed by atoms with Gasteiger partial charge in [-0.15, -0.1) is 0 Å². The van der Waals surface area contributed by atoms with Gasteiger partial charge in [-0.3, -0.25) is 14.4 Å². The number of aromatic nitrogens is 4. The predicted molar refractivity (Wildman–Crippen MR) is 128 cm³/mol. The summed E-state index contributed by atoms with van der Waals surface area (Å²) in [5, 5.41) is 5.17. The molecular formula is C24H28ClN7O. The second kappa shape index (κ2) is 9.11. The molecule has 0 aliphatic carbocycles. The summed E-state index contributed by atoms with van der Waals surface area (Å²) in [7, 11) is 1.90. The first-order valence-corrected chi connectivity index (χ1v) is 11.7. The van der Waals surface area contributed by atoms with Gasteiger partial charge < -0.3 is 9.80 Å². The predicted octanol–water partition coefficient (Wildman–Crippen LogP) is 2.76. The minimum absolute atomic E-state index is 0.0732. The molecule has 8 nitrogen and oxygen atoms in total. The Balaban J connectivity index is 1.39. The molecule has 0 atom stereocenters. The lowest BCUT2D eigenvalue weighted by Crippen LogP contribution is -2.46. The van der Waals surface area contributed by atoms with E-state index < -0.39 is 0 Å². The third-order valence-corrected chi connectivity index (χ3v) is 6.81. The second-order valence-electron chi connectivity index (χ2n) is 8.74. The van der Waals surface area contributed by atoms with Gasteiger partial charge in [0.05, 0.1) is 24.1 Å². The summed E-state index contributed by atoms with van der Waals surface area (Å²) >= 11 is 6.37. The van der Waals surface area contributed by atoms with Gasteiger partial charge in [0.2, 0.25) is 5.91 Å². The van der Waals surface area contributed by atoms with Crippen molar-refractivity contribution in [2.75, 3.05) is 37.6 Å². The molecule has 1 amide bonds. The van der Waals surface area contributed by atoms with Crippen LogP contribution < -0.4 is 4.90 Å². The number of fused-ring (bicyclic) bond motifs is 1. The van der Waals surface area contributed by atoms with E-state index in [2.05, 4.69) is 21.0 Å². The fourth-order valence-corrected chi connectivity index (χ4v) is 4.73. The Kier molecular flexibility index (Phi) is 6.03. The molecule has 172 valence electrons. The molecule has 0 radical (unpaired) electrons. The highest BCUT2D eigenvalue weighted by molar-refractivity contribution is 6.31. The molecule has 3 aromatic rings. The van der Waals surface area contributed by atoms with Crippen molar-refractivity contribution in [2.24, 2.45) is 7.05 Å². The molecule has 0 N–H and O–H groups in total. The Hall–Kier alpha value is -2.97. The SMILES string of the molecule is CC(=O)N1CCc2nc(N3CCN(Cc4ccccc4Cl)CC3)c(-c3cnn(C)c3)nc2C1.